The molecule has 0 aliphatic rings. The minimum Gasteiger partial charge on any atom is -0.396 e. The minimum atomic E-state index is -1.05. The van der Waals surface area contributed by atoms with E-state index < -0.39 is 5.41 Å². The quantitative estimate of drug-likeness (QED) is 0.375. The van der Waals surface area contributed by atoms with Crippen LogP contribution in [0.5, 0.6) is 0 Å². The van der Waals surface area contributed by atoms with Gasteiger partial charge in [-0.05, 0) is 46.8 Å². The van der Waals surface area contributed by atoms with Crippen molar-refractivity contribution < 1.29 is 20.1 Å². The first-order chi connectivity index (χ1) is 14.8. The molecule has 0 aromatic heterocycles. The summed E-state index contributed by atoms with van der Waals surface area (Å²) >= 11 is 0. The fourth-order valence-electron chi connectivity index (χ4n) is 4.39. The highest BCUT2D eigenvalue weighted by Crippen LogP contribution is 2.44. The lowest BCUT2D eigenvalue weighted by Gasteiger charge is -2.39. The minimum absolute atomic E-state index is 0.0615. The van der Waals surface area contributed by atoms with E-state index in [2.05, 4.69) is 74.4 Å². The Bertz CT molecular complexity index is 649. The summed E-state index contributed by atoms with van der Waals surface area (Å²) in [5.74, 6) is 0.314. The first kappa shape index (κ1) is 29.1. The molecule has 0 amide bonds. The maximum absolute atomic E-state index is 9.90. The van der Waals surface area contributed by atoms with Gasteiger partial charge in [-0.1, -0.05) is 92.3 Å². The highest BCUT2D eigenvalue weighted by molar-refractivity contribution is 5.47. The summed E-state index contributed by atoms with van der Waals surface area (Å²) in [5, 5.41) is 29.7. The van der Waals surface area contributed by atoms with Crippen molar-refractivity contribution >= 4 is 0 Å². The normalized spacial score (nSPS) is 15.1. The maximum atomic E-state index is 9.90. The first-order valence-electron chi connectivity index (χ1n) is 12.4. The molecule has 0 radical (unpaired) electrons. The Balaban J connectivity index is 3.77. The van der Waals surface area contributed by atoms with Gasteiger partial charge in [0.15, 0.2) is 0 Å². The maximum Gasteiger partial charge on any atom is 0.0859 e. The van der Waals surface area contributed by atoms with Crippen molar-refractivity contribution in [2.24, 2.45) is 11.3 Å². The van der Waals surface area contributed by atoms with Crippen LogP contribution in [-0.2, 0) is 15.6 Å². The average molecular weight is 451 g/mol. The molecule has 0 saturated carbocycles. The van der Waals surface area contributed by atoms with Crippen molar-refractivity contribution in [1.29, 1.82) is 0 Å². The molecule has 0 saturated heterocycles. The van der Waals surface area contributed by atoms with Gasteiger partial charge in [-0.3, -0.25) is 0 Å². The average Bonchev–Trinajstić information content (AvgIpc) is 2.72. The molecule has 2 unspecified atom stereocenters. The zero-order chi connectivity index (χ0) is 24.7. The lowest BCUT2D eigenvalue weighted by Crippen LogP contribution is -2.40. The van der Waals surface area contributed by atoms with Crippen LogP contribution < -0.4 is 0 Å². The van der Waals surface area contributed by atoms with Crippen LogP contribution in [-0.4, -0.2) is 41.7 Å². The van der Waals surface area contributed by atoms with Crippen molar-refractivity contribution in [3.63, 3.8) is 0 Å². The van der Waals surface area contributed by atoms with Gasteiger partial charge in [0.05, 0.1) is 37.9 Å². The second-order valence-corrected chi connectivity index (χ2v) is 11.8. The second-order valence-electron chi connectivity index (χ2n) is 11.8. The van der Waals surface area contributed by atoms with Crippen LogP contribution in [0.2, 0.25) is 0 Å². The number of unbranched alkanes of at least 4 members (excludes halogenated alkanes) is 1. The lowest BCUT2D eigenvalue weighted by atomic mass is 9.71. The highest BCUT2D eigenvalue weighted by atomic mass is 16.5. The Morgan fingerprint density at radius 3 is 1.66 bits per heavy atom. The molecule has 186 valence electrons. The molecule has 4 heteroatoms. The van der Waals surface area contributed by atoms with Crippen molar-refractivity contribution in [3.8, 4) is 0 Å². The smallest absolute Gasteiger partial charge is 0.0859 e. The summed E-state index contributed by atoms with van der Waals surface area (Å²) in [6, 6.07) is 4.59. The molecule has 3 N–H and O–H groups in total. The van der Waals surface area contributed by atoms with Gasteiger partial charge in [0, 0.05) is 0 Å². The van der Waals surface area contributed by atoms with Gasteiger partial charge in [0.25, 0.3) is 0 Å². The predicted octanol–water partition coefficient (Wildman–Crippen LogP) is 5.83. The zero-order valence-corrected chi connectivity index (χ0v) is 22.2. The van der Waals surface area contributed by atoms with E-state index in [4.69, 9.17) is 4.74 Å². The molecule has 0 aliphatic carbocycles. The number of hydrogen-bond acceptors (Lipinski definition) is 4. The third-order valence-electron chi connectivity index (χ3n) is 6.68. The van der Waals surface area contributed by atoms with Gasteiger partial charge < -0.3 is 20.1 Å². The van der Waals surface area contributed by atoms with Crippen LogP contribution in [0.4, 0.5) is 0 Å². The van der Waals surface area contributed by atoms with E-state index in [1.54, 1.807) is 0 Å². The third-order valence-corrected chi connectivity index (χ3v) is 6.68. The number of aliphatic hydroxyl groups is 3. The van der Waals surface area contributed by atoms with Crippen LogP contribution in [0.25, 0.3) is 0 Å². The van der Waals surface area contributed by atoms with Crippen LogP contribution in [0.3, 0.4) is 0 Å². The van der Waals surface area contributed by atoms with Gasteiger partial charge in [0.1, 0.15) is 0 Å². The number of hydrogen-bond donors (Lipinski definition) is 3. The molecule has 2 atom stereocenters. The molecule has 1 rings (SSSR count). The van der Waals surface area contributed by atoms with E-state index in [0.717, 1.165) is 25.7 Å². The molecule has 0 bridgehead atoms. The molecule has 0 aliphatic heterocycles. The molecule has 0 spiro atoms. The molecular weight excluding hydrogens is 400 g/mol. The molecule has 4 nitrogen and oxygen atoms in total. The molecule has 32 heavy (non-hydrogen) atoms. The zero-order valence-electron chi connectivity index (χ0n) is 22.2. The van der Waals surface area contributed by atoms with Crippen LogP contribution >= 0.6 is 0 Å². The summed E-state index contributed by atoms with van der Waals surface area (Å²) < 4.78 is 6.65. The fourth-order valence-corrected chi connectivity index (χ4v) is 4.39. The molecule has 0 heterocycles. The summed E-state index contributed by atoms with van der Waals surface area (Å²) in [7, 11) is 0. The predicted molar refractivity (Wildman–Crippen MR) is 134 cm³/mol. The Morgan fingerprint density at radius 1 is 0.844 bits per heavy atom. The summed E-state index contributed by atoms with van der Waals surface area (Å²) in [4.78, 5) is 0. The Morgan fingerprint density at radius 2 is 1.31 bits per heavy atom. The Hall–Kier alpha value is -0.940. The third kappa shape index (κ3) is 7.28. The summed E-state index contributed by atoms with van der Waals surface area (Å²) in [6.07, 6.45) is 4.13. The van der Waals surface area contributed by atoms with Gasteiger partial charge in [0.2, 0.25) is 0 Å². The van der Waals surface area contributed by atoms with Crippen LogP contribution in [0, 0.1) is 18.3 Å². The van der Waals surface area contributed by atoms with Crippen molar-refractivity contribution in [3.05, 3.63) is 34.4 Å². The van der Waals surface area contributed by atoms with Gasteiger partial charge in [-0.2, -0.15) is 0 Å². The van der Waals surface area contributed by atoms with Crippen LogP contribution in [0.15, 0.2) is 12.1 Å². The van der Waals surface area contributed by atoms with E-state index in [0.29, 0.717) is 5.92 Å². The summed E-state index contributed by atoms with van der Waals surface area (Å²) in [5.41, 5.74) is 3.92. The largest absolute Gasteiger partial charge is 0.396 e. The number of benzene rings is 1. The molecule has 1 aromatic rings. The Kier molecular flexibility index (Phi) is 10.9. The Labute approximate surface area is 197 Å². The number of ether oxygens (including phenoxy) is 1. The standard InChI is InChI=1S/C28H50O4/c1-10-12-13-21(11-2)25(32-19-28(16-29,17-30)18-31)24-22(26(4,5)6)14-20(3)15-23(24)27(7,8)9/h14-15,21,25,29-31H,10-13,16-19H2,1-9H3. The van der Waals surface area contributed by atoms with Crippen molar-refractivity contribution in [2.45, 2.75) is 105 Å². The number of aryl methyl sites for hydroxylation is 1. The monoisotopic (exact) mass is 450 g/mol. The van der Waals surface area contributed by atoms with E-state index in [1.165, 1.54) is 22.3 Å². The summed E-state index contributed by atoms with van der Waals surface area (Å²) in [6.45, 7) is 19.3. The van der Waals surface area contributed by atoms with Gasteiger partial charge in [-0.25, -0.2) is 0 Å². The van der Waals surface area contributed by atoms with Crippen molar-refractivity contribution in [1.82, 2.24) is 0 Å². The van der Waals surface area contributed by atoms with Crippen LogP contribution in [0.1, 0.15) is 109 Å². The molecule has 1 aromatic carbocycles. The molecular formula is C28H50O4. The van der Waals surface area contributed by atoms with Gasteiger partial charge >= 0.3 is 0 Å². The SMILES string of the molecule is CCCCC(CC)C(OCC(CO)(CO)CO)c1c(C(C)(C)C)cc(C)cc1C(C)(C)C. The molecule has 0 fully saturated rings. The van der Waals surface area contributed by atoms with E-state index in [9.17, 15) is 15.3 Å². The lowest BCUT2D eigenvalue weighted by molar-refractivity contribution is -0.0963. The van der Waals surface area contributed by atoms with E-state index in [-0.39, 0.29) is 43.4 Å². The number of rotatable bonds is 12. The highest BCUT2D eigenvalue weighted by Gasteiger charge is 2.37. The van der Waals surface area contributed by atoms with E-state index in [1.807, 2.05) is 0 Å². The number of aliphatic hydroxyl groups excluding tert-OH is 3. The second kappa shape index (κ2) is 12.0. The first-order valence-corrected chi connectivity index (χ1v) is 12.4. The van der Waals surface area contributed by atoms with Gasteiger partial charge in [-0.15, -0.1) is 0 Å². The fraction of sp³-hybridized carbons (Fsp3) is 0.786. The van der Waals surface area contributed by atoms with Crippen molar-refractivity contribution in [2.75, 3.05) is 26.4 Å². The topological polar surface area (TPSA) is 69.9 Å². The van der Waals surface area contributed by atoms with E-state index >= 15 is 0 Å².